The Hall–Kier alpha value is -2.34. The molecule has 5 nitrogen and oxygen atoms in total. The molecule has 0 unspecified atom stereocenters. The van der Waals surface area contributed by atoms with Crippen LogP contribution in [0.2, 0.25) is 0 Å². The molecule has 3 rings (SSSR count). The lowest BCUT2D eigenvalue weighted by Crippen LogP contribution is -2.14. The Morgan fingerprint density at radius 2 is 1.91 bits per heavy atom. The summed E-state index contributed by atoms with van der Waals surface area (Å²) in [7, 11) is -3.27. The molecule has 0 spiro atoms. The molecule has 0 aliphatic heterocycles. The zero-order chi connectivity index (χ0) is 15.6. The quantitative estimate of drug-likeness (QED) is 0.787. The highest BCUT2D eigenvalue weighted by Crippen LogP contribution is 2.19. The minimum atomic E-state index is -3.27. The van der Waals surface area contributed by atoms with Crippen LogP contribution in [0.15, 0.2) is 54.9 Å². The number of sulfonamides is 1. The van der Waals surface area contributed by atoms with E-state index < -0.39 is 10.0 Å². The molecule has 2 aromatic carbocycles. The summed E-state index contributed by atoms with van der Waals surface area (Å²) in [5.41, 5.74) is 1.63. The van der Waals surface area contributed by atoms with Crippen LogP contribution in [0.1, 0.15) is 12.5 Å². The van der Waals surface area contributed by atoms with E-state index in [0.29, 0.717) is 12.2 Å². The van der Waals surface area contributed by atoms with Crippen LogP contribution < -0.4 is 4.72 Å². The van der Waals surface area contributed by atoms with Gasteiger partial charge in [0.1, 0.15) is 0 Å². The molecule has 0 fully saturated rings. The van der Waals surface area contributed by atoms with Gasteiger partial charge in [0.2, 0.25) is 10.0 Å². The van der Waals surface area contributed by atoms with E-state index in [-0.39, 0.29) is 5.75 Å². The third-order valence-electron chi connectivity index (χ3n) is 3.50. The number of hydrogen-bond donors (Lipinski definition) is 1. The highest BCUT2D eigenvalue weighted by molar-refractivity contribution is 7.92. The lowest BCUT2D eigenvalue weighted by Gasteiger charge is -2.06. The van der Waals surface area contributed by atoms with E-state index in [1.54, 1.807) is 17.8 Å². The molecule has 1 heterocycles. The third-order valence-corrected chi connectivity index (χ3v) is 4.81. The maximum Gasteiger partial charge on any atom is 0.232 e. The summed E-state index contributed by atoms with van der Waals surface area (Å²) in [6, 6.07) is 14.3. The van der Waals surface area contributed by atoms with Gasteiger partial charge in [-0.3, -0.25) is 9.40 Å². The molecule has 6 heteroatoms. The van der Waals surface area contributed by atoms with Gasteiger partial charge < -0.3 is 0 Å². The van der Waals surface area contributed by atoms with Gasteiger partial charge in [-0.1, -0.05) is 42.5 Å². The van der Waals surface area contributed by atoms with Gasteiger partial charge in [0.25, 0.3) is 0 Å². The van der Waals surface area contributed by atoms with Crippen molar-refractivity contribution >= 4 is 26.5 Å². The van der Waals surface area contributed by atoms with Crippen molar-refractivity contribution in [1.29, 1.82) is 0 Å². The monoisotopic (exact) mass is 315 g/mol. The number of rotatable bonds is 5. The Labute approximate surface area is 129 Å². The van der Waals surface area contributed by atoms with Gasteiger partial charge in [0.15, 0.2) is 0 Å². The molecule has 114 valence electrons. The van der Waals surface area contributed by atoms with E-state index >= 15 is 0 Å². The number of fused-ring (bicyclic) bond motifs is 1. The molecule has 0 aliphatic carbocycles. The van der Waals surface area contributed by atoms with Gasteiger partial charge >= 0.3 is 0 Å². The van der Waals surface area contributed by atoms with Crippen LogP contribution in [0.4, 0.5) is 5.69 Å². The smallest absolute Gasteiger partial charge is 0.232 e. The van der Waals surface area contributed by atoms with Gasteiger partial charge in [-0.25, -0.2) is 8.42 Å². The van der Waals surface area contributed by atoms with E-state index in [0.717, 1.165) is 5.56 Å². The second-order valence-corrected chi connectivity index (χ2v) is 7.08. The standard InChI is InChI=1S/C16H17N3O2S/c1-2-22(20,21)18-15-10-17-19(12-15)11-14-8-5-7-13-6-3-4-9-16(13)14/h3-10,12,18H,2,11H2,1H3. The Kier molecular flexibility index (Phi) is 3.85. The Bertz CT molecular complexity index is 895. The zero-order valence-electron chi connectivity index (χ0n) is 12.2. The molecular formula is C16H17N3O2S. The average molecular weight is 315 g/mol. The van der Waals surface area contributed by atoms with Crippen LogP contribution >= 0.6 is 0 Å². The van der Waals surface area contributed by atoms with E-state index in [1.807, 2.05) is 18.2 Å². The van der Waals surface area contributed by atoms with Gasteiger partial charge in [0, 0.05) is 6.20 Å². The van der Waals surface area contributed by atoms with E-state index in [2.05, 4.69) is 34.1 Å². The molecule has 0 bridgehead atoms. The minimum Gasteiger partial charge on any atom is -0.280 e. The summed E-state index contributed by atoms with van der Waals surface area (Å²) in [6.45, 7) is 2.19. The number of anilines is 1. The first-order valence-corrected chi connectivity index (χ1v) is 8.72. The van der Waals surface area contributed by atoms with Crippen molar-refractivity contribution < 1.29 is 8.42 Å². The third kappa shape index (κ3) is 3.12. The first-order valence-electron chi connectivity index (χ1n) is 7.07. The fourth-order valence-electron chi connectivity index (χ4n) is 2.36. The normalized spacial score (nSPS) is 11.7. The SMILES string of the molecule is CCS(=O)(=O)Nc1cnn(Cc2cccc3ccccc23)c1. The van der Waals surface area contributed by atoms with Gasteiger partial charge in [-0.15, -0.1) is 0 Å². The van der Waals surface area contributed by atoms with Gasteiger partial charge in [-0.2, -0.15) is 5.10 Å². The molecule has 1 aromatic heterocycles. The van der Waals surface area contributed by atoms with Crippen LogP contribution in [0.25, 0.3) is 10.8 Å². The molecule has 0 aliphatic rings. The maximum absolute atomic E-state index is 11.6. The number of nitrogens with zero attached hydrogens (tertiary/aromatic N) is 2. The molecule has 0 radical (unpaired) electrons. The summed E-state index contributed by atoms with van der Waals surface area (Å²) in [4.78, 5) is 0. The van der Waals surface area contributed by atoms with Gasteiger partial charge in [-0.05, 0) is 23.3 Å². The summed E-state index contributed by atoms with van der Waals surface area (Å²) in [5.74, 6) is 0.0432. The Morgan fingerprint density at radius 1 is 1.14 bits per heavy atom. The van der Waals surface area contributed by atoms with Crippen LogP contribution in [-0.2, 0) is 16.6 Å². The van der Waals surface area contributed by atoms with Crippen molar-refractivity contribution in [3.05, 3.63) is 60.4 Å². The second kappa shape index (κ2) is 5.81. The van der Waals surface area contributed by atoms with Crippen LogP contribution in [0.3, 0.4) is 0 Å². The van der Waals surface area contributed by atoms with Crippen LogP contribution in [0.5, 0.6) is 0 Å². The van der Waals surface area contributed by atoms with Crippen LogP contribution in [-0.4, -0.2) is 24.0 Å². The predicted octanol–water partition coefficient (Wildman–Crippen LogP) is 2.85. The summed E-state index contributed by atoms with van der Waals surface area (Å²) in [5, 5.41) is 6.58. The number of nitrogens with one attached hydrogen (secondary N) is 1. The first-order chi connectivity index (χ1) is 10.6. The fourth-order valence-corrected chi connectivity index (χ4v) is 2.97. The van der Waals surface area contributed by atoms with E-state index in [1.165, 1.54) is 17.0 Å². The highest BCUT2D eigenvalue weighted by Gasteiger charge is 2.09. The van der Waals surface area contributed by atoms with E-state index in [4.69, 9.17) is 0 Å². The lowest BCUT2D eigenvalue weighted by atomic mass is 10.0. The number of benzene rings is 2. The molecule has 1 N–H and O–H groups in total. The summed E-state index contributed by atoms with van der Waals surface area (Å²) < 4.78 is 27.4. The van der Waals surface area contributed by atoms with Crippen molar-refractivity contribution in [2.45, 2.75) is 13.5 Å². The number of aromatic nitrogens is 2. The average Bonchev–Trinajstić information content (AvgIpc) is 2.94. The van der Waals surface area contributed by atoms with Gasteiger partial charge in [0.05, 0.1) is 24.2 Å². The summed E-state index contributed by atoms with van der Waals surface area (Å²) in [6.07, 6.45) is 3.23. The predicted molar refractivity (Wildman–Crippen MR) is 88.4 cm³/mol. The summed E-state index contributed by atoms with van der Waals surface area (Å²) >= 11 is 0. The molecule has 22 heavy (non-hydrogen) atoms. The first kappa shape index (κ1) is 14.6. The highest BCUT2D eigenvalue weighted by atomic mass is 32.2. The Morgan fingerprint density at radius 3 is 2.73 bits per heavy atom. The minimum absolute atomic E-state index is 0.0432. The largest absolute Gasteiger partial charge is 0.280 e. The number of hydrogen-bond acceptors (Lipinski definition) is 3. The zero-order valence-corrected chi connectivity index (χ0v) is 13.0. The molecule has 0 saturated heterocycles. The molecule has 0 amide bonds. The van der Waals surface area contributed by atoms with E-state index in [9.17, 15) is 8.42 Å². The molecule has 0 saturated carbocycles. The topological polar surface area (TPSA) is 64.0 Å². The Balaban J connectivity index is 1.86. The van der Waals surface area contributed by atoms with Crippen molar-refractivity contribution in [2.24, 2.45) is 0 Å². The van der Waals surface area contributed by atoms with Crippen molar-refractivity contribution in [3.8, 4) is 0 Å². The maximum atomic E-state index is 11.6. The second-order valence-electron chi connectivity index (χ2n) is 5.07. The van der Waals surface area contributed by atoms with Crippen molar-refractivity contribution in [1.82, 2.24) is 9.78 Å². The molecule has 0 atom stereocenters. The fraction of sp³-hybridized carbons (Fsp3) is 0.188. The molecule has 3 aromatic rings. The molecular weight excluding hydrogens is 298 g/mol. The lowest BCUT2D eigenvalue weighted by molar-refractivity contribution is 0.602. The van der Waals surface area contributed by atoms with Crippen molar-refractivity contribution in [3.63, 3.8) is 0 Å². The van der Waals surface area contributed by atoms with Crippen LogP contribution in [0, 0.1) is 0 Å². The van der Waals surface area contributed by atoms with Crippen molar-refractivity contribution in [2.75, 3.05) is 10.5 Å².